The van der Waals surface area contributed by atoms with Crippen molar-refractivity contribution >= 4 is 5.91 Å². The third-order valence-electron chi connectivity index (χ3n) is 3.13. The molecular weight excluding hydrogens is 202 g/mol. The van der Waals surface area contributed by atoms with E-state index >= 15 is 0 Å². The smallest absolute Gasteiger partial charge is 0.246 e. The molecule has 1 rings (SSSR count). The number of hydrogen-bond donors (Lipinski definition) is 1. The number of carbonyl (C=O) groups is 1. The average molecular weight is 227 g/mol. The molecule has 3 heteroatoms. The lowest BCUT2D eigenvalue weighted by Gasteiger charge is -2.23. The van der Waals surface area contributed by atoms with Crippen molar-refractivity contribution < 1.29 is 9.53 Å². The van der Waals surface area contributed by atoms with Crippen LogP contribution in [-0.4, -0.2) is 24.2 Å². The van der Waals surface area contributed by atoms with Gasteiger partial charge in [0.25, 0.3) is 0 Å². The molecule has 1 amide bonds. The molecule has 0 unspecified atom stereocenters. The van der Waals surface area contributed by atoms with Crippen molar-refractivity contribution in [3.8, 4) is 0 Å². The molecule has 1 atom stereocenters. The Labute approximate surface area is 98.9 Å². The van der Waals surface area contributed by atoms with E-state index in [-0.39, 0.29) is 18.1 Å². The summed E-state index contributed by atoms with van der Waals surface area (Å²) in [5.74, 6) is 0.674. The Bertz CT molecular complexity index is 227. The van der Waals surface area contributed by atoms with Crippen molar-refractivity contribution in [2.45, 2.75) is 65.0 Å². The van der Waals surface area contributed by atoms with Crippen LogP contribution in [0.3, 0.4) is 0 Å². The zero-order valence-electron chi connectivity index (χ0n) is 11.0. The Balaban J connectivity index is 2.22. The molecule has 0 aromatic heterocycles. The molecule has 0 aliphatic heterocycles. The highest BCUT2D eigenvalue weighted by atomic mass is 16.5. The molecule has 1 saturated carbocycles. The average Bonchev–Trinajstić information content (AvgIpc) is 2.66. The Morgan fingerprint density at radius 1 is 1.38 bits per heavy atom. The number of ether oxygens (including phenoxy) is 1. The predicted molar refractivity (Wildman–Crippen MR) is 65.3 cm³/mol. The molecule has 94 valence electrons. The van der Waals surface area contributed by atoms with Gasteiger partial charge in [0.2, 0.25) is 5.91 Å². The summed E-state index contributed by atoms with van der Waals surface area (Å²) in [7, 11) is 0. The van der Waals surface area contributed by atoms with E-state index < -0.39 is 0 Å². The van der Waals surface area contributed by atoms with Crippen molar-refractivity contribution in [1.29, 1.82) is 0 Å². The summed E-state index contributed by atoms with van der Waals surface area (Å²) in [6.07, 6.45) is 5.12. The normalized spacial score (nSPS) is 19.8. The number of rotatable bonds is 4. The van der Waals surface area contributed by atoms with Gasteiger partial charge in [0.15, 0.2) is 0 Å². The quantitative estimate of drug-likeness (QED) is 0.801. The summed E-state index contributed by atoms with van der Waals surface area (Å²) in [5, 5.41) is 3.03. The van der Waals surface area contributed by atoms with Crippen molar-refractivity contribution in [3.63, 3.8) is 0 Å². The molecule has 0 aromatic rings. The molecule has 1 aliphatic carbocycles. The summed E-state index contributed by atoms with van der Waals surface area (Å²) in [6, 6.07) is 0.290. The van der Waals surface area contributed by atoms with Crippen LogP contribution in [0.4, 0.5) is 0 Å². The van der Waals surface area contributed by atoms with E-state index in [1.807, 2.05) is 20.8 Å². The Morgan fingerprint density at radius 3 is 2.44 bits per heavy atom. The van der Waals surface area contributed by atoms with E-state index in [1.54, 1.807) is 0 Å². The van der Waals surface area contributed by atoms with Crippen LogP contribution in [0, 0.1) is 5.92 Å². The van der Waals surface area contributed by atoms with Gasteiger partial charge in [-0.1, -0.05) is 12.8 Å². The summed E-state index contributed by atoms with van der Waals surface area (Å²) >= 11 is 0. The molecule has 0 spiro atoms. The fourth-order valence-corrected chi connectivity index (χ4v) is 2.15. The lowest BCUT2D eigenvalue weighted by atomic mass is 10.00. The first kappa shape index (κ1) is 13.5. The second-order valence-electron chi connectivity index (χ2n) is 5.80. The third kappa shape index (κ3) is 4.97. The fraction of sp³-hybridized carbons (Fsp3) is 0.923. The summed E-state index contributed by atoms with van der Waals surface area (Å²) in [5.41, 5.74) is -0.242. The first-order valence-corrected chi connectivity index (χ1v) is 6.32. The van der Waals surface area contributed by atoms with Crippen LogP contribution in [0.25, 0.3) is 0 Å². The zero-order valence-corrected chi connectivity index (χ0v) is 11.0. The molecule has 0 heterocycles. The van der Waals surface area contributed by atoms with Gasteiger partial charge in [-0.2, -0.15) is 0 Å². The van der Waals surface area contributed by atoms with Gasteiger partial charge >= 0.3 is 0 Å². The molecule has 0 aromatic carbocycles. The minimum absolute atomic E-state index is 0.00863. The standard InChI is InChI=1S/C13H25NO2/c1-10(11-7-5-6-8-11)14-12(15)9-16-13(2,3)4/h10-11H,5-9H2,1-4H3,(H,14,15)/t10-/m1/s1. The first-order chi connectivity index (χ1) is 7.38. The van der Waals surface area contributed by atoms with Gasteiger partial charge in [-0.15, -0.1) is 0 Å². The van der Waals surface area contributed by atoms with Gasteiger partial charge in [0, 0.05) is 6.04 Å². The Kier molecular flexibility index (Phi) is 4.78. The molecule has 16 heavy (non-hydrogen) atoms. The second-order valence-corrected chi connectivity index (χ2v) is 5.80. The Morgan fingerprint density at radius 2 is 1.94 bits per heavy atom. The third-order valence-corrected chi connectivity index (χ3v) is 3.13. The van der Waals surface area contributed by atoms with E-state index in [0.29, 0.717) is 12.0 Å². The maximum absolute atomic E-state index is 11.6. The SMILES string of the molecule is C[C@@H](NC(=O)COC(C)(C)C)C1CCCC1. The van der Waals surface area contributed by atoms with Gasteiger partial charge in [-0.05, 0) is 46.5 Å². The minimum Gasteiger partial charge on any atom is -0.366 e. The van der Waals surface area contributed by atoms with Crippen molar-refractivity contribution in [1.82, 2.24) is 5.32 Å². The van der Waals surface area contributed by atoms with E-state index in [1.165, 1.54) is 25.7 Å². The molecule has 0 radical (unpaired) electrons. The van der Waals surface area contributed by atoms with E-state index in [9.17, 15) is 4.79 Å². The van der Waals surface area contributed by atoms with Crippen molar-refractivity contribution in [2.24, 2.45) is 5.92 Å². The largest absolute Gasteiger partial charge is 0.366 e. The highest BCUT2D eigenvalue weighted by Gasteiger charge is 2.23. The van der Waals surface area contributed by atoms with Crippen LogP contribution in [0.1, 0.15) is 53.4 Å². The lowest BCUT2D eigenvalue weighted by molar-refractivity contribution is -0.131. The van der Waals surface area contributed by atoms with Crippen LogP contribution in [0.15, 0.2) is 0 Å². The number of nitrogens with one attached hydrogen (secondary N) is 1. The molecular formula is C13H25NO2. The van der Waals surface area contributed by atoms with E-state index in [4.69, 9.17) is 4.74 Å². The van der Waals surface area contributed by atoms with Gasteiger partial charge in [-0.25, -0.2) is 0 Å². The van der Waals surface area contributed by atoms with Crippen LogP contribution in [-0.2, 0) is 9.53 Å². The number of hydrogen-bond acceptors (Lipinski definition) is 2. The monoisotopic (exact) mass is 227 g/mol. The maximum Gasteiger partial charge on any atom is 0.246 e. The topological polar surface area (TPSA) is 38.3 Å². The molecule has 1 fully saturated rings. The number of amides is 1. The van der Waals surface area contributed by atoms with E-state index in [0.717, 1.165) is 0 Å². The summed E-state index contributed by atoms with van der Waals surface area (Å²) in [4.78, 5) is 11.6. The Hall–Kier alpha value is -0.570. The van der Waals surface area contributed by atoms with Gasteiger partial charge in [0.05, 0.1) is 5.60 Å². The van der Waals surface area contributed by atoms with Crippen molar-refractivity contribution in [3.05, 3.63) is 0 Å². The van der Waals surface area contributed by atoms with Crippen molar-refractivity contribution in [2.75, 3.05) is 6.61 Å². The van der Waals surface area contributed by atoms with Crippen LogP contribution in [0.2, 0.25) is 0 Å². The van der Waals surface area contributed by atoms with Crippen LogP contribution < -0.4 is 5.32 Å². The van der Waals surface area contributed by atoms with Gasteiger partial charge < -0.3 is 10.1 Å². The predicted octanol–water partition coefficient (Wildman–Crippen LogP) is 2.50. The molecule has 0 bridgehead atoms. The zero-order chi connectivity index (χ0) is 12.2. The highest BCUT2D eigenvalue weighted by Crippen LogP contribution is 2.27. The van der Waals surface area contributed by atoms with Gasteiger partial charge in [-0.3, -0.25) is 4.79 Å². The summed E-state index contributed by atoms with van der Waals surface area (Å²) < 4.78 is 5.44. The molecule has 1 N–H and O–H groups in total. The lowest BCUT2D eigenvalue weighted by Crippen LogP contribution is -2.40. The molecule has 0 saturated heterocycles. The van der Waals surface area contributed by atoms with Crippen LogP contribution in [0.5, 0.6) is 0 Å². The highest BCUT2D eigenvalue weighted by molar-refractivity contribution is 5.77. The minimum atomic E-state index is -0.242. The maximum atomic E-state index is 11.6. The molecule has 1 aliphatic rings. The summed E-state index contributed by atoms with van der Waals surface area (Å²) in [6.45, 7) is 8.15. The first-order valence-electron chi connectivity index (χ1n) is 6.32. The molecule has 3 nitrogen and oxygen atoms in total. The number of carbonyl (C=O) groups excluding carboxylic acids is 1. The fourth-order valence-electron chi connectivity index (χ4n) is 2.15. The second kappa shape index (κ2) is 5.67. The van der Waals surface area contributed by atoms with E-state index in [2.05, 4.69) is 12.2 Å². The van der Waals surface area contributed by atoms with Gasteiger partial charge in [0.1, 0.15) is 6.61 Å². The van der Waals surface area contributed by atoms with Crippen LogP contribution >= 0.6 is 0 Å².